The van der Waals surface area contributed by atoms with Crippen LogP contribution in [0.2, 0.25) is 5.02 Å². The van der Waals surface area contributed by atoms with E-state index in [9.17, 15) is 0 Å². The minimum atomic E-state index is 0.798. The van der Waals surface area contributed by atoms with Crippen LogP contribution in [0.25, 0.3) is 0 Å². The second-order valence-corrected chi connectivity index (χ2v) is 2.82. The van der Waals surface area contributed by atoms with Crippen molar-refractivity contribution in [3.05, 3.63) is 28.8 Å². The Morgan fingerprint density at radius 1 is 1.31 bits per heavy atom. The Balaban J connectivity index is 0.000000671. The number of rotatable bonds is 2. The van der Waals surface area contributed by atoms with E-state index in [1.54, 1.807) is 0 Å². The summed E-state index contributed by atoms with van der Waals surface area (Å²) in [6.07, 6.45) is 1.03. The molecule has 0 atom stereocenters. The lowest BCUT2D eigenvalue weighted by Crippen LogP contribution is -1.89. The summed E-state index contributed by atoms with van der Waals surface area (Å²) in [5.41, 5.74) is 2.26. The molecular weight excluding hydrogens is 182 g/mol. The quantitative estimate of drug-likeness (QED) is 0.760. The summed E-state index contributed by atoms with van der Waals surface area (Å²) in [6, 6.07) is 6.08. The highest BCUT2D eigenvalue weighted by atomic mass is 35.5. The molecule has 0 saturated heterocycles. The molecule has 0 aliphatic carbocycles. The molecule has 0 unspecified atom stereocenters. The molecule has 13 heavy (non-hydrogen) atoms. The van der Waals surface area contributed by atoms with Crippen molar-refractivity contribution in [3.63, 3.8) is 0 Å². The Labute approximate surface area is 86.1 Å². The first-order chi connectivity index (χ1) is 6.27. The number of aryl methyl sites for hydroxylation is 1. The van der Waals surface area contributed by atoms with Crippen molar-refractivity contribution >= 4 is 17.3 Å². The Hall–Kier alpha value is -0.690. The molecule has 1 nitrogen and oxygen atoms in total. The maximum absolute atomic E-state index is 5.95. The zero-order valence-electron chi connectivity index (χ0n) is 8.82. The van der Waals surface area contributed by atoms with Gasteiger partial charge in [-0.3, -0.25) is 0 Å². The standard InChI is InChI=1S/C9H12ClN.C2H6/c1-3-7-4-5-9(11-2)8(10)6-7;1-2/h4-6,11H,3H2,1-2H3;1-2H3. The van der Waals surface area contributed by atoms with Gasteiger partial charge in [0.2, 0.25) is 0 Å². The Bertz CT molecular complexity index is 246. The maximum Gasteiger partial charge on any atom is 0.0640 e. The van der Waals surface area contributed by atoms with Gasteiger partial charge in [-0.15, -0.1) is 0 Å². The molecule has 1 aromatic rings. The average molecular weight is 200 g/mol. The molecule has 1 N–H and O–H groups in total. The van der Waals surface area contributed by atoms with Gasteiger partial charge in [0.05, 0.1) is 10.7 Å². The van der Waals surface area contributed by atoms with E-state index in [1.165, 1.54) is 5.56 Å². The van der Waals surface area contributed by atoms with Crippen LogP contribution in [-0.2, 0) is 6.42 Å². The fraction of sp³-hybridized carbons (Fsp3) is 0.455. The topological polar surface area (TPSA) is 12.0 Å². The smallest absolute Gasteiger partial charge is 0.0640 e. The first-order valence-corrected chi connectivity index (χ1v) is 5.12. The van der Waals surface area contributed by atoms with Crippen LogP contribution < -0.4 is 5.32 Å². The first-order valence-electron chi connectivity index (χ1n) is 4.74. The maximum atomic E-state index is 5.95. The first kappa shape index (κ1) is 12.3. The fourth-order valence-electron chi connectivity index (χ4n) is 0.981. The zero-order valence-corrected chi connectivity index (χ0v) is 9.57. The molecule has 0 fully saturated rings. The van der Waals surface area contributed by atoms with Crippen molar-refractivity contribution in [1.82, 2.24) is 0 Å². The van der Waals surface area contributed by atoms with Crippen LogP contribution in [0.1, 0.15) is 26.3 Å². The zero-order chi connectivity index (χ0) is 10.3. The predicted octanol–water partition coefficient (Wildman–Crippen LogP) is 3.97. The molecule has 74 valence electrons. The summed E-state index contributed by atoms with van der Waals surface area (Å²) >= 11 is 5.95. The number of hydrogen-bond acceptors (Lipinski definition) is 1. The van der Waals surface area contributed by atoms with Crippen molar-refractivity contribution < 1.29 is 0 Å². The molecule has 0 aromatic heterocycles. The Morgan fingerprint density at radius 3 is 2.31 bits per heavy atom. The average Bonchev–Trinajstić information content (AvgIpc) is 2.20. The van der Waals surface area contributed by atoms with Gasteiger partial charge in [-0.05, 0) is 24.1 Å². The SMILES string of the molecule is CC.CCc1ccc(NC)c(Cl)c1. The van der Waals surface area contributed by atoms with Crippen molar-refractivity contribution in [2.75, 3.05) is 12.4 Å². The summed E-state index contributed by atoms with van der Waals surface area (Å²) in [5.74, 6) is 0. The van der Waals surface area contributed by atoms with E-state index in [4.69, 9.17) is 11.6 Å². The number of nitrogens with one attached hydrogen (secondary N) is 1. The minimum absolute atomic E-state index is 0.798. The van der Waals surface area contributed by atoms with Gasteiger partial charge in [-0.2, -0.15) is 0 Å². The van der Waals surface area contributed by atoms with Crippen LogP contribution in [0, 0.1) is 0 Å². The summed E-state index contributed by atoms with van der Waals surface area (Å²) < 4.78 is 0. The van der Waals surface area contributed by atoms with E-state index < -0.39 is 0 Å². The summed E-state index contributed by atoms with van der Waals surface area (Å²) in [6.45, 7) is 6.12. The van der Waals surface area contributed by atoms with Crippen LogP contribution in [0.3, 0.4) is 0 Å². The minimum Gasteiger partial charge on any atom is -0.387 e. The van der Waals surface area contributed by atoms with Crippen molar-refractivity contribution in [2.24, 2.45) is 0 Å². The van der Waals surface area contributed by atoms with Gasteiger partial charge in [0.25, 0.3) is 0 Å². The van der Waals surface area contributed by atoms with Gasteiger partial charge in [0, 0.05) is 7.05 Å². The van der Waals surface area contributed by atoms with Crippen molar-refractivity contribution in [1.29, 1.82) is 0 Å². The number of hydrogen-bond donors (Lipinski definition) is 1. The molecule has 0 aliphatic heterocycles. The molecule has 1 aromatic carbocycles. The van der Waals surface area contributed by atoms with Gasteiger partial charge in [-0.25, -0.2) is 0 Å². The highest BCUT2D eigenvalue weighted by Crippen LogP contribution is 2.22. The third-order valence-corrected chi connectivity index (χ3v) is 2.02. The molecule has 0 radical (unpaired) electrons. The molecule has 0 aliphatic rings. The normalized spacial score (nSPS) is 8.69. The van der Waals surface area contributed by atoms with Crippen molar-refractivity contribution in [2.45, 2.75) is 27.2 Å². The molecule has 0 heterocycles. The number of anilines is 1. The molecule has 1 rings (SSSR count). The van der Waals surface area contributed by atoms with Crippen LogP contribution in [0.5, 0.6) is 0 Å². The van der Waals surface area contributed by atoms with Crippen LogP contribution >= 0.6 is 11.6 Å². The summed E-state index contributed by atoms with van der Waals surface area (Å²) in [5, 5.41) is 3.81. The Kier molecular flexibility index (Phi) is 6.43. The molecule has 2 heteroatoms. The van der Waals surface area contributed by atoms with Crippen LogP contribution in [0.4, 0.5) is 5.69 Å². The van der Waals surface area contributed by atoms with Gasteiger partial charge < -0.3 is 5.32 Å². The van der Waals surface area contributed by atoms with E-state index in [0.29, 0.717) is 0 Å². The van der Waals surface area contributed by atoms with E-state index in [-0.39, 0.29) is 0 Å². The molecular formula is C11H18ClN. The molecule has 0 saturated carbocycles. The third-order valence-electron chi connectivity index (χ3n) is 1.71. The monoisotopic (exact) mass is 199 g/mol. The number of halogens is 1. The van der Waals surface area contributed by atoms with Crippen LogP contribution in [-0.4, -0.2) is 7.05 Å². The fourth-order valence-corrected chi connectivity index (χ4v) is 1.28. The van der Waals surface area contributed by atoms with Crippen LogP contribution in [0.15, 0.2) is 18.2 Å². The molecule has 0 spiro atoms. The van der Waals surface area contributed by atoms with E-state index >= 15 is 0 Å². The van der Waals surface area contributed by atoms with Gasteiger partial charge in [-0.1, -0.05) is 38.4 Å². The lowest BCUT2D eigenvalue weighted by molar-refractivity contribution is 1.14. The predicted molar refractivity (Wildman–Crippen MR) is 61.7 cm³/mol. The lowest BCUT2D eigenvalue weighted by atomic mass is 10.1. The van der Waals surface area contributed by atoms with E-state index in [2.05, 4.69) is 18.3 Å². The van der Waals surface area contributed by atoms with Crippen molar-refractivity contribution in [3.8, 4) is 0 Å². The second kappa shape index (κ2) is 6.79. The molecule has 0 bridgehead atoms. The second-order valence-electron chi connectivity index (χ2n) is 2.42. The summed E-state index contributed by atoms with van der Waals surface area (Å²) in [4.78, 5) is 0. The number of benzene rings is 1. The highest BCUT2D eigenvalue weighted by Gasteiger charge is 1.97. The Morgan fingerprint density at radius 2 is 1.92 bits per heavy atom. The third kappa shape index (κ3) is 3.69. The van der Waals surface area contributed by atoms with E-state index in [1.807, 2.05) is 33.0 Å². The van der Waals surface area contributed by atoms with Gasteiger partial charge in [0.1, 0.15) is 0 Å². The largest absolute Gasteiger partial charge is 0.387 e. The highest BCUT2D eigenvalue weighted by molar-refractivity contribution is 6.33. The molecule has 0 amide bonds. The lowest BCUT2D eigenvalue weighted by Gasteiger charge is -2.04. The van der Waals surface area contributed by atoms with Gasteiger partial charge in [0.15, 0.2) is 0 Å². The van der Waals surface area contributed by atoms with E-state index in [0.717, 1.165) is 17.1 Å². The van der Waals surface area contributed by atoms with Gasteiger partial charge >= 0.3 is 0 Å². The summed E-state index contributed by atoms with van der Waals surface area (Å²) in [7, 11) is 1.87.